The van der Waals surface area contributed by atoms with Gasteiger partial charge in [-0.2, -0.15) is 0 Å². The normalized spacial score (nSPS) is 10.0. The Morgan fingerprint density at radius 2 is 2.12 bits per heavy atom. The zero-order chi connectivity index (χ0) is 12.8. The van der Waals surface area contributed by atoms with E-state index in [0.29, 0.717) is 6.07 Å². The number of aromatic nitrogens is 1. The summed E-state index contributed by atoms with van der Waals surface area (Å²) in [7, 11) is 0. The fourth-order valence-electron chi connectivity index (χ4n) is 1.11. The van der Waals surface area contributed by atoms with Crippen molar-refractivity contribution in [2.24, 2.45) is 0 Å². The average Bonchev–Trinajstić information content (AvgIpc) is 2.23. The molecule has 1 aromatic rings. The molecule has 0 fully saturated rings. The summed E-state index contributed by atoms with van der Waals surface area (Å²) in [5, 5.41) is 10.6. The summed E-state index contributed by atoms with van der Waals surface area (Å²) in [6.45, 7) is 0.0869. The highest BCUT2D eigenvalue weighted by Gasteiger charge is 2.13. The highest BCUT2D eigenvalue weighted by atomic mass is 19.1. The number of rotatable bonds is 5. The molecule has 17 heavy (non-hydrogen) atoms. The van der Waals surface area contributed by atoms with Gasteiger partial charge in [-0.25, -0.2) is 13.8 Å². The lowest BCUT2D eigenvalue weighted by atomic mass is 10.3. The maximum atomic E-state index is 13.1. The molecule has 92 valence electrons. The highest BCUT2D eigenvalue weighted by Crippen LogP contribution is 2.05. The van der Waals surface area contributed by atoms with Crippen molar-refractivity contribution in [1.29, 1.82) is 0 Å². The second-order valence-corrected chi connectivity index (χ2v) is 3.24. The van der Waals surface area contributed by atoms with Crippen LogP contribution in [0.1, 0.15) is 23.3 Å². The minimum atomic E-state index is -1.05. The van der Waals surface area contributed by atoms with Gasteiger partial charge in [-0.1, -0.05) is 0 Å². The molecule has 2 N–H and O–H groups in total. The van der Waals surface area contributed by atoms with Gasteiger partial charge in [-0.15, -0.1) is 0 Å². The van der Waals surface area contributed by atoms with Crippen LogP contribution in [0.25, 0.3) is 0 Å². The summed E-state index contributed by atoms with van der Waals surface area (Å²) in [5.74, 6) is -3.70. The number of nitrogens with zero attached hydrogens (tertiary/aromatic N) is 1. The first-order valence-corrected chi connectivity index (χ1v) is 4.81. The standard InChI is InChI=1S/C10H10F2N2O3/c11-6-4-7(12)9(14-5-6)10(17)13-3-1-2-8(15)16/h4-5H,1-3H2,(H,13,17)(H,15,16). The van der Waals surface area contributed by atoms with Gasteiger partial charge in [0.1, 0.15) is 5.82 Å². The van der Waals surface area contributed by atoms with E-state index in [0.717, 1.165) is 6.20 Å². The zero-order valence-corrected chi connectivity index (χ0v) is 8.74. The van der Waals surface area contributed by atoms with Crippen LogP contribution in [0.4, 0.5) is 8.78 Å². The van der Waals surface area contributed by atoms with Crippen molar-refractivity contribution < 1.29 is 23.5 Å². The molecule has 0 spiro atoms. The molecule has 1 rings (SSSR count). The van der Waals surface area contributed by atoms with Crippen molar-refractivity contribution in [1.82, 2.24) is 10.3 Å². The minimum absolute atomic E-state index is 0.0869. The highest BCUT2D eigenvalue weighted by molar-refractivity contribution is 5.92. The monoisotopic (exact) mass is 244 g/mol. The van der Waals surface area contributed by atoms with Crippen LogP contribution < -0.4 is 5.32 Å². The van der Waals surface area contributed by atoms with E-state index < -0.39 is 29.2 Å². The van der Waals surface area contributed by atoms with Crippen molar-refractivity contribution in [3.63, 3.8) is 0 Å². The Labute approximate surface area is 95.5 Å². The Bertz CT molecular complexity index is 438. The van der Waals surface area contributed by atoms with Crippen molar-refractivity contribution in [3.05, 3.63) is 29.6 Å². The van der Waals surface area contributed by atoms with E-state index in [-0.39, 0.29) is 19.4 Å². The van der Waals surface area contributed by atoms with E-state index in [1.807, 2.05) is 0 Å². The zero-order valence-electron chi connectivity index (χ0n) is 8.74. The second kappa shape index (κ2) is 5.88. The largest absolute Gasteiger partial charge is 0.481 e. The fraction of sp³-hybridized carbons (Fsp3) is 0.300. The van der Waals surface area contributed by atoms with Crippen LogP contribution in [-0.4, -0.2) is 28.5 Å². The third-order valence-electron chi connectivity index (χ3n) is 1.88. The molecule has 0 aliphatic carbocycles. The van der Waals surface area contributed by atoms with E-state index in [2.05, 4.69) is 10.3 Å². The van der Waals surface area contributed by atoms with Crippen molar-refractivity contribution >= 4 is 11.9 Å². The Morgan fingerprint density at radius 1 is 1.41 bits per heavy atom. The van der Waals surface area contributed by atoms with Crippen molar-refractivity contribution in [2.75, 3.05) is 6.54 Å². The SMILES string of the molecule is O=C(O)CCCNC(=O)c1ncc(F)cc1F. The molecule has 0 radical (unpaired) electrons. The molecule has 0 saturated heterocycles. The number of halogens is 2. The third-order valence-corrected chi connectivity index (χ3v) is 1.88. The van der Waals surface area contributed by atoms with Crippen molar-refractivity contribution in [3.8, 4) is 0 Å². The molecular formula is C10H10F2N2O3. The molecule has 0 unspecified atom stereocenters. The van der Waals surface area contributed by atoms with Crippen LogP contribution in [0.5, 0.6) is 0 Å². The number of carbonyl (C=O) groups excluding carboxylic acids is 1. The quantitative estimate of drug-likeness (QED) is 0.756. The van der Waals surface area contributed by atoms with E-state index >= 15 is 0 Å². The first-order valence-electron chi connectivity index (χ1n) is 4.81. The fourth-order valence-corrected chi connectivity index (χ4v) is 1.11. The van der Waals surface area contributed by atoms with Gasteiger partial charge in [0.2, 0.25) is 0 Å². The van der Waals surface area contributed by atoms with Crippen LogP contribution in [0.2, 0.25) is 0 Å². The predicted molar refractivity (Wildman–Crippen MR) is 53.4 cm³/mol. The van der Waals surface area contributed by atoms with E-state index in [1.54, 1.807) is 0 Å². The van der Waals surface area contributed by atoms with E-state index in [1.165, 1.54) is 0 Å². The van der Waals surface area contributed by atoms with E-state index in [9.17, 15) is 18.4 Å². The van der Waals surface area contributed by atoms with Gasteiger partial charge >= 0.3 is 5.97 Å². The Morgan fingerprint density at radius 3 is 2.71 bits per heavy atom. The summed E-state index contributed by atoms with van der Waals surface area (Å²) < 4.78 is 25.6. The lowest BCUT2D eigenvalue weighted by Crippen LogP contribution is -2.26. The summed E-state index contributed by atoms with van der Waals surface area (Å²) in [6, 6.07) is 0.555. The van der Waals surface area contributed by atoms with Gasteiger partial charge in [-0.3, -0.25) is 9.59 Å². The topological polar surface area (TPSA) is 79.3 Å². The van der Waals surface area contributed by atoms with Gasteiger partial charge in [0.15, 0.2) is 11.5 Å². The van der Waals surface area contributed by atoms with Gasteiger partial charge in [0.05, 0.1) is 6.20 Å². The molecule has 0 aliphatic heterocycles. The molecule has 0 saturated carbocycles. The van der Waals surface area contributed by atoms with Crippen LogP contribution in [-0.2, 0) is 4.79 Å². The summed E-state index contributed by atoms with van der Waals surface area (Å²) >= 11 is 0. The van der Waals surface area contributed by atoms with Gasteiger partial charge in [0.25, 0.3) is 5.91 Å². The number of pyridine rings is 1. The number of carbonyl (C=O) groups is 2. The third kappa shape index (κ3) is 4.13. The first kappa shape index (κ1) is 13.0. The molecular weight excluding hydrogens is 234 g/mol. The molecule has 1 heterocycles. The summed E-state index contributed by atoms with van der Waals surface area (Å²) in [4.78, 5) is 24.8. The Kier molecular flexibility index (Phi) is 4.50. The first-order chi connectivity index (χ1) is 8.00. The van der Waals surface area contributed by atoms with E-state index in [4.69, 9.17) is 5.11 Å². The number of hydrogen-bond donors (Lipinski definition) is 2. The number of carboxylic acids is 1. The molecule has 0 aliphatic rings. The molecule has 0 atom stereocenters. The lowest BCUT2D eigenvalue weighted by molar-refractivity contribution is -0.137. The number of aliphatic carboxylic acids is 1. The lowest BCUT2D eigenvalue weighted by Gasteiger charge is -2.04. The van der Waals surface area contributed by atoms with Crippen molar-refractivity contribution in [2.45, 2.75) is 12.8 Å². The van der Waals surface area contributed by atoms with Crippen LogP contribution >= 0.6 is 0 Å². The predicted octanol–water partition coefficient (Wildman–Crippen LogP) is 0.954. The number of amides is 1. The molecule has 1 aromatic heterocycles. The average molecular weight is 244 g/mol. The second-order valence-electron chi connectivity index (χ2n) is 3.24. The Balaban J connectivity index is 2.50. The summed E-state index contributed by atoms with van der Waals surface area (Å²) in [6.07, 6.45) is 0.860. The van der Waals surface area contributed by atoms with Gasteiger partial charge < -0.3 is 10.4 Å². The molecule has 0 aromatic carbocycles. The molecule has 0 bridgehead atoms. The van der Waals surface area contributed by atoms with Crippen LogP contribution in [0.15, 0.2) is 12.3 Å². The minimum Gasteiger partial charge on any atom is -0.481 e. The van der Waals surface area contributed by atoms with Crippen LogP contribution in [0.3, 0.4) is 0 Å². The smallest absolute Gasteiger partial charge is 0.303 e. The number of carboxylic acid groups (broad SMARTS) is 1. The molecule has 1 amide bonds. The molecule has 7 heteroatoms. The number of nitrogens with one attached hydrogen (secondary N) is 1. The Hall–Kier alpha value is -2.05. The van der Waals surface area contributed by atoms with Gasteiger partial charge in [0, 0.05) is 19.0 Å². The van der Waals surface area contributed by atoms with Gasteiger partial charge in [-0.05, 0) is 6.42 Å². The summed E-state index contributed by atoms with van der Waals surface area (Å²) in [5.41, 5.74) is -0.512. The maximum absolute atomic E-state index is 13.1. The van der Waals surface area contributed by atoms with Crippen LogP contribution in [0, 0.1) is 11.6 Å². The molecule has 5 nitrogen and oxygen atoms in total. The maximum Gasteiger partial charge on any atom is 0.303 e. The number of hydrogen-bond acceptors (Lipinski definition) is 3.